The van der Waals surface area contributed by atoms with Crippen molar-refractivity contribution in [3.05, 3.63) is 67.4 Å². The molecule has 0 saturated heterocycles. The Morgan fingerprint density at radius 3 is 2.73 bits per heavy atom. The van der Waals surface area contributed by atoms with Crippen molar-refractivity contribution >= 4 is 44.3 Å². The second-order valence-corrected chi connectivity index (χ2v) is 8.12. The van der Waals surface area contributed by atoms with Crippen molar-refractivity contribution in [2.45, 2.75) is 13.8 Å². The topological polar surface area (TPSA) is 82.8 Å². The molecule has 0 aliphatic rings. The number of ether oxygens (including phenoxy) is 2. The molecule has 0 fully saturated rings. The first-order chi connectivity index (χ1) is 14.5. The van der Waals surface area contributed by atoms with Crippen molar-refractivity contribution < 1.29 is 14.3 Å². The predicted octanol–water partition coefficient (Wildman–Crippen LogP) is 3.45. The highest BCUT2D eigenvalue weighted by Crippen LogP contribution is 2.29. The van der Waals surface area contributed by atoms with Crippen LogP contribution in [0.5, 0.6) is 11.5 Å². The van der Waals surface area contributed by atoms with E-state index in [9.17, 15) is 9.59 Å². The van der Waals surface area contributed by atoms with Crippen LogP contribution >= 0.6 is 27.3 Å². The quantitative estimate of drug-likeness (QED) is 0.318. The van der Waals surface area contributed by atoms with Crippen LogP contribution in [-0.2, 0) is 4.79 Å². The molecule has 4 rings (SSSR count). The fourth-order valence-electron chi connectivity index (χ4n) is 2.86. The normalized spacial score (nSPS) is 11.8. The molecule has 0 atom stereocenters. The summed E-state index contributed by atoms with van der Waals surface area (Å²) in [5, 5.41) is 4.37. The van der Waals surface area contributed by atoms with E-state index in [4.69, 9.17) is 9.47 Å². The number of carbonyl (C=O) groups excluding carboxylic acids is 1. The molecule has 0 N–H and O–H groups in total. The summed E-state index contributed by atoms with van der Waals surface area (Å²) < 4.78 is 13.4. The molecule has 2 heterocycles. The Balaban J connectivity index is 1.75. The van der Waals surface area contributed by atoms with Gasteiger partial charge in [-0.1, -0.05) is 45.5 Å². The molecule has 152 valence electrons. The van der Waals surface area contributed by atoms with Crippen LogP contribution in [0.4, 0.5) is 0 Å². The molecule has 9 heteroatoms. The number of nitrogens with zero attached hydrogens (tertiary/aromatic N) is 3. The van der Waals surface area contributed by atoms with E-state index in [1.165, 1.54) is 22.8 Å². The number of fused-ring (bicyclic) bond motifs is 1. The average Bonchev–Trinajstić information content (AvgIpc) is 3.24. The summed E-state index contributed by atoms with van der Waals surface area (Å²) in [6, 6.07) is 12.7. The first-order valence-corrected chi connectivity index (χ1v) is 10.7. The molecule has 0 unspecified atom stereocenters. The number of halogens is 1. The molecule has 0 aliphatic heterocycles. The van der Waals surface area contributed by atoms with E-state index in [2.05, 4.69) is 26.0 Å². The summed E-state index contributed by atoms with van der Waals surface area (Å²) in [5.74, 6) is 0.830. The van der Waals surface area contributed by atoms with Gasteiger partial charge in [0.05, 0.1) is 11.1 Å². The number of aromatic nitrogens is 3. The van der Waals surface area contributed by atoms with Gasteiger partial charge in [0.1, 0.15) is 0 Å². The molecule has 2 aromatic heterocycles. The maximum atomic E-state index is 12.8. The summed E-state index contributed by atoms with van der Waals surface area (Å²) in [6.07, 6.45) is 1.74. The number of hydrogen-bond donors (Lipinski definition) is 0. The minimum absolute atomic E-state index is 0.247. The molecule has 0 bridgehead atoms. The molecule has 0 spiro atoms. The molecule has 30 heavy (non-hydrogen) atoms. The Kier molecular flexibility index (Phi) is 5.65. The predicted molar refractivity (Wildman–Crippen MR) is 118 cm³/mol. The maximum absolute atomic E-state index is 12.8. The zero-order chi connectivity index (χ0) is 21.3. The van der Waals surface area contributed by atoms with Crippen LogP contribution in [0.1, 0.15) is 19.4 Å². The Bertz CT molecular complexity index is 1360. The van der Waals surface area contributed by atoms with Gasteiger partial charge in [-0.3, -0.25) is 9.59 Å². The number of benzene rings is 2. The van der Waals surface area contributed by atoms with Crippen molar-refractivity contribution in [1.29, 1.82) is 0 Å². The van der Waals surface area contributed by atoms with Crippen LogP contribution in [0, 0.1) is 0 Å². The smallest absolute Gasteiger partial charge is 0.308 e. The zero-order valence-corrected chi connectivity index (χ0v) is 18.5. The number of thiazole rings is 1. The van der Waals surface area contributed by atoms with E-state index >= 15 is 0 Å². The van der Waals surface area contributed by atoms with Gasteiger partial charge in [-0.25, -0.2) is 0 Å². The summed E-state index contributed by atoms with van der Waals surface area (Å²) in [5.41, 5.74) is 1.31. The lowest BCUT2D eigenvalue weighted by Crippen LogP contribution is -2.23. The van der Waals surface area contributed by atoms with Gasteiger partial charge in [0.15, 0.2) is 17.3 Å². The number of rotatable bonds is 5. The van der Waals surface area contributed by atoms with E-state index in [0.29, 0.717) is 33.4 Å². The van der Waals surface area contributed by atoms with Crippen LogP contribution in [-0.4, -0.2) is 27.2 Å². The van der Waals surface area contributed by atoms with Gasteiger partial charge in [-0.2, -0.15) is 9.50 Å². The summed E-state index contributed by atoms with van der Waals surface area (Å²) in [6.45, 7) is 3.58. The second-order valence-electron chi connectivity index (χ2n) is 6.26. The molecular formula is C21H16BrN3O4S. The van der Waals surface area contributed by atoms with Crippen molar-refractivity contribution in [2.24, 2.45) is 0 Å². The van der Waals surface area contributed by atoms with E-state index < -0.39 is 5.97 Å². The summed E-state index contributed by atoms with van der Waals surface area (Å²) in [4.78, 5) is 29.1. The van der Waals surface area contributed by atoms with E-state index in [1.807, 2.05) is 31.2 Å². The van der Waals surface area contributed by atoms with Gasteiger partial charge in [-0.15, -0.1) is 5.10 Å². The average molecular weight is 486 g/mol. The standard InChI is InChI=1S/C21H16BrN3O4S/c1-3-28-17-10-13(8-9-16(17)29-12(2)26)11-18-20(27)25-21(30-18)23-19(24-25)14-6-4-5-7-15(14)22/h4-11H,3H2,1-2H3. The third-order valence-electron chi connectivity index (χ3n) is 4.12. The van der Waals surface area contributed by atoms with Gasteiger partial charge in [0, 0.05) is 17.0 Å². The summed E-state index contributed by atoms with van der Waals surface area (Å²) >= 11 is 4.74. The minimum Gasteiger partial charge on any atom is -0.490 e. The van der Waals surface area contributed by atoms with Crippen LogP contribution in [0.2, 0.25) is 0 Å². The third-order valence-corrected chi connectivity index (χ3v) is 5.77. The number of hydrogen-bond acceptors (Lipinski definition) is 7. The first-order valence-electron chi connectivity index (χ1n) is 9.07. The monoisotopic (exact) mass is 485 g/mol. The third kappa shape index (κ3) is 3.99. The summed E-state index contributed by atoms with van der Waals surface area (Å²) in [7, 11) is 0. The lowest BCUT2D eigenvalue weighted by molar-refractivity contribution is -0.132. The van der Waals surface area contributed by atoms with Crippen LogP contribution in [0.25, 0.3) is 22.4 Å². The molecule has 0 aliphatic carbocycles. The Labute approximate surface area is 183 Å². The molecule has 0 radical (unpaired) electrons. The zero-order valence-electron chi connectivity index (χ0n) is 16.1. The fraction of sp³-hybridized carbons (Fsp3) is 0.143. The number of carbonyl (C=O) groups is 1. The Hall–Kier alpha value is -3.04. The van der Waals surface area contributed by atoms with Gasteiger partial charge in [0.2, 0.25) is 4.96 Å². The van der Waals surface area contributed by atoms with Crippen molar-refractivity contribution in [3.63, 3.8) is 0 Å². The highest BCUT2D eigenvalue weighted by Gasteiger charge is 2.14. The fourth-order valence-corrected chi connectivity index (χ4v) is 4.23. The van der Waals surface area contributed by atoms with Gasteiger partial charge >= 0.3 is 5.97 Å². The van der Waals surface area contributed by atoms with Crippen molar-refractivity contribution in [3.8, 4) is 22.9 Å². The lowest BCUT2D eigenvalue weighted by atomic mass is 10.2. The van der Waals surface area contributed by atoms with E-state index in [1.54, 1.807) is 24.3 Å². The Morgan fingerprint density at radius 2 is 2.03 bits per heavy atom. The van der Waals surface area contributed by atoms with Crippen molar-refractivity contribution in [1.82, 2.24) is 14.6 Å². The second kappa shape index (κ2) is 8.37. The molecule has 2 aromatic carbocycles. The first kappa shape index (κ1) is 20.2. The SMILES string of the molecule is CCOc1cc(C=c2sc3nc(-c4ccccc4Br)nn3c2=O)ccc1OC(C)=O. The molecule has 0 amide bonds. The molecule has 7 nitrogen and oxygen atoms in total. The highest BCUT2D eigenvalue weighted by molar-refractivity contribution is 9.10. The van der Waals surface area contributed by atoms with E-state index in [-0.39, 0.29) is 5.56 Å². The highest BCUT2D eigenvalue weighted by atomic mass is 79.9. The molecular weight excluding hydrogens is 470 g/mol. The lowest BCUT2D eigenvalue weighted by Gasteiger charge is -2.10. The molecule has 4 aromatic rings. The van der Waals surface area contributed by atoms with Gasteiger partial charge < -0.3 is 9.47 Å². The van der Waals surface area contributed by atoms with Gasteiger partial charge in [-0.05, 0) is 42.8 Å². The Morgan fingerprint density at radius 1 is 1.23 bits per heavy atom. The van der Waals surface area contributed by atoms with E-state index in [0.717, 1.165) is 15.6 Å². The van der Waals surface area contributed by atoms with Crippen LogP contribution in [0.15, 0.2) is 51.7 Å². The van der Waals surface area contributed by atoms with Gasteiger partial charge in [0.25, 0.3) is 5.56 Å². The maximum Gasteiger partial charge on any atom is 0.308 e. The van der Waals surface area contributed by atoms with Crippen LogP contribution < -0.4 is 19.6 Å². The minimum atomic E-state index is -0.430. The number of esters is 1. The van der Waals surface area contributed by atoms with Crippen LogP contribution in [0.3, 0.4) is 0 Å². The largest absolute Gasteiger partial charge is 0.490 e. The molecule has 0 saturated carbocycles. The van der Waals surface area contributed by atoms with Crippen molar-refractivity contribution in [2.75, 3.05) is 6.61 Å².